The van der Waals surface area contributed by atoms with Gasteiger partial charge in [0, 0.05) is 30.7 Å². The lowest BCUT2D eigenvalue weighted by molar-refractivity contribution is 0.0953. The molecule has 5 heteroatoms. The van der Waals surface area contributed by atoms with E-state index in [1.165, 1.54) is 0 Å². The number of carbonyl (C=O) groups excluding carboxylic acids is 1. The standard InChI is InChI=1S/C21H24N4O/c1-16(2)8-6-13-23-21(26)19-15-25(18-10-4-3-5-11-18)24-20(19)17-9-7-12-22-14-17/h3-5,7,9-12,14-16H,6,8,13H2,1-2H3,(H,23,26). The number of pyridine rings is 1. The minimum atomic E-state index is -0.102. The Kier molecular flexibility index (Phi) is 5.79. The number of nitrogens with zero attached hydrogens (tertiary/aromatic N) is 3. The first-order valence-electron chi connectivity index (χ1n) is 8.99. The molecule has 0 radical (unpaired) electrons. The van der Waals surface area contributed by atoms with E-state index in [9.17, 15) is 4.79 Å². The molecule has 0 unspecified atom stereocenters. The molecule has 0 atom stereocenters. The van der Waals surface area contributed by atoms with E-state index < -0.39 is 0 Å². The number of amides is 1. The van der Waals surface area contributed by atoms with E-state index in [-0.39, 0.29) is 5.91 Å². The number of carbonyl (C=O) groups is 1. The van der Waals surface area contributed by atoms with Crippen LogP contribution in [0.2, 0.25) is 0 Å². The van der Waals surface area contributed by atoms with Crippen LogP contribution in [0.4, 0.5) is 0 Å². The Balaban J connectivity index is 1.87. The van der Waals surface area contributed by atoms with Gasteiger partial charge in [-0.1, -0.05) is 32.0 Å². The number of rotatable bonds is 7. The second-order valence-corrected chi connectivity index (χ2v) is 6.71. The minimum Gasteiger partial charge on any atom is -0.352 e. The van der Waals surface area contributed by atoms with E-state index in [2.05, 4.69) is 29.2 Å². The molecule has 5 nitrogen and oxygen atoms in total. The second kappa shape index (κ2) is 8.43. The lowest BCUT2D eigenvalue weighted by Gasteiger charge is -2.07. The summed E-state index contributed by atoms with van der Waals surface area (Å²) in [6.45, 7) is 5.04. The molecule has 3 aromatic rings. The van der Waals surface area contributed by atoms with Crippen LogP contribution in [0.25, 0.3) is 16.9 Å². The highest BCUT2D eigenvalue weighted by atomic mass is 16.1. The van der Waals surface area contributed by atoms with Crippen molar-refractivity contribution in [3.63, 3.8) is 0 Å². The van der Waals surface area contributed by atoms with E-state index in [0.717, 1.165) is 24.1 Å². The maximum atomic E-state index is 12.7. The van der Waals surface area contributed by atoms with Gasteiger partial charge in [0.2, 0.25) is 0 Å². The summed E-state index contributed by atoms with van der Waals surface area (Å²) in [5, 5.41) is 7.66. The molecule has 3 rings (SSSR count). The Hall–Kier alpha value is -2.95. The quantitative estimate of drug-likeness (QED) is 0.654. The summed E-state index contributed by atoms with van der Waals surface area (Å²) in [5.74, 6) is 0.536. The normalized spacial score (nSPS) is 10.9. The number of hydrogen-bond donors (Lipinski definition) is 1. The summed E-state index contributed by atoms with van der Waals surface area (Å²) < 4.78 is 1.74. The lowest BCUT2D eigenvalue weighted by Crippen LogP contribution is -2.24. The zero-order valence-corrected chi connectivity index (χ0v) is 15.2. The summed E-state index contributed by atoms with van der Waals surface area (Å²) in [7, 11) is 0. The molecule has 1 aromatic carbocycles. The molecule has 1 amide bonds. The second-order valence-electron chi connectivity index (χ2n) is 6.71. The highest BCUT2D eigenvalue weighted by molar-refractivity contribution is 5.99. The molecule has 0 aliphatic rings. The van der Waals surface area contributed by atoms with E-state index in [1.54, 1.807) is 23.3 Å². The molecule has 2 heterocycles. The molecule has 0 aliphatic carbocycles. The number of benzene rings is 1. The molecular weight excluding hydrogens is 324 g/mol. The van der Waals surface area contributed by atoms with Crippen LogP contribution < -0.4 is 5.32 Å². The molecule has 1 N–H and O–H groups in total. The minimum absolute atomic E-state index is 0.102. The molecule has 0 saturated carbocycles. The van der Waals surface area contributed by atoms with Gasteiger partial charge in [0.15, 0.2) is 0 Å². The maximum Gasteiger partial charge on any atom is 0.255 e. The SMILES string of the molecule is CC(C)CCCNC(=O)c1cn(-c2ccccc2)nc1-c1cccnc1. The van der Waals surface area contributed by atoms with Crippen molar-refractivity contribution < 1.29 is 4.79 Å². The zero-order valence-electron chi connectivity index (χ0n) is 15.2. The van der Waals surface area contributed by atoms with Gasteiger partial charge in [-0.25, -0.2) is 4.68 Å². The largest absolute Gasteiger partial charge is 0.352 e. The predicted molar refractivity (Wildman–Crippen MR) is 103 cm³/mol. The summed E-state index contributed by atoms with van der Waals surface area (Å²) >= 11 is 0. The first kappa shape index (κ1) is 17.9. The van der Waals surface area contributed by atoms with Crippen LogP contribution in [-0.4, -0.2) is 27.2 Å². The van der Waals surface area contributed by atoms with Crippen LogP contribution in [0.1, 0.15) is 37.0 Å². The maximum absolute atomic E-state index is 12.7. The van der Waals surface area contributed by atoms with E-state index in [4.69, 9.17) is 0 Å². The number of hydrogen-bond acceptors (Lipinski definition) is 3. The van der Waals surface area contributed by atoms with Gasteiger partial charge in [-0.3, -0.25) is 9.78 Å². The molecule has 0 spiro atoms. The molecular formula is C21H24N4O. The van der Waals surface area contributed by atoms with Crippen molar-refractivity contribution in [3.05, 3.63) is 66.6 Å². The molecule has 0 saturated heterocycles. The number of para-hydroxylation sites is 1. The Morgan fingerprint density at radius 1 is 1.15 bits per heavy atom. The van der Waals surface area contributed by atoms with Crippen LogP contribution in [0.3, 0.4) is 0 Å². The first-order chi connectivity index (χ1) is 12.6. The Bertz CT molecular complexity index is 841. The monoisotopic (exact) mass is 348 g/mol. The lowest BCUT2D eigenvalue weighted by atomic mass is 10.1. The van der Waals surface area contributed by atoms with E-state index in [1.807, 2.05) is 42.5 Å². The van der Waals surface area contributed by atoms with Gasteiger partial charge in [0.1, 0.15) is 5.69 Å². The topological polar surface area (TPSA) is 59.8 Å². The number of nitrogens with one attached hydrogen (secondary N) is 1. The van der Waals surface area contributed by atoms with Crippen molar-refractivity contribution in [1.82, 2.24) is 20.1 Å². The Morgan fingerprint density at radius 3 is 2.65 bits per heavy atom. The van der Waals surface area contributed by atoms with Crippen molar-refractivity contribution in [2.45, 2.75) is 26.7 Å². The molecule has 0 aliphatic heterocycles. The molecule has 0 bridgehead atoms. The smallest absolute Gasteiger partial charge is 0.255 e. The van der Waals surface area contributed by atoms with Crippen LogP contribution in [-0.2, 0) is 0 Å². The Labute approximate surface area is 154 Å². The summed E-state index contributed by atoms with van der Waals surface area (Å²) in [6, 6.07) is 13.5. The van der Waals surface area contributed by atoms with E-state index in [0.29, 0.717) is 23.7 Å². The molecule has 26 heavy (non-hydrogen) atoms. The third-order valence-corrected chi connectivity index (χ3v) is 4.16. The van der Waals surface area contributed by atoms with Gasteiger partial charge in [-0.05, 0) is 43.0 Å². The fraction of sp³-hybridized carbons (Fsp3) is 0.286. The zero-order chi connectivity index (χ0) is 18.4. The van der Waals surface area contributed by atoms with Crippen LogP contribution >= 0.6 is 0 Å². The fourth-order valence-electron chi connectivity index (χ4n) is 2.78. The molecule has 0 fully saturated rings. The summed E-state index contributed by atoms with van der Waals surface area (Å²) in [4.78, 5) is 16.9. The van der Waals surface area contributed by atoms with Gasteiger partial charge in [-0.2, -0.15) is 5.10 Å². The fourth-order valence-corrected chi connectivity index (χ4v) is 2.78. The van der Waals surface area contributed by atoms with E-state index >= 15 is 0 Å². The first-order valence-corrected chi connectivity index (χ1v) is 8.99. The third-order valence-electron chi connectivity index (χ3n) is 4.16. The van der Waals surface area contributed by atoms with Gasteiger partial charge in [0.25, 0.3) is 5.91 Å². The van der Waals surface area contributed by atoms with Crippen molar-refractivity contribution in [2.75, 3.05) is 6.54 Å². The summed E-state index contributed by atoms with van der Waals surface area (Å²) in [6.07, 6.45) is 7.30. The van der Waals surface area contributed by atoms with Crippen molar-refractivity contribution in [2.24, 2.45) is 5.92 Å². The van der Waals surface area contributed by atoms with Gasteiger partial charge < -0.3 is 5.32 Å². The van der Waals surface area contributed by atoms with Crippen molar-refractivity contribution in [1.29, 1.82) is 0 Å². The van der Waals surface area contributed by atoms with Crippen LogP contribution in [0, 0.1) is 5.92 Å². The van der Waals surface area contributed by atoms with Crippen LogP contribution in [0.15, 0.2) is 61.1 Å². The molecule has 134 valence electrons. The van der Waals surface area contributed by atoms with Gasteiger partial charge in [0.05, 0.1) is 11.3 Å². The predicted octanol–water partition coefficient (Wildman–Crippen LogP) is 4.10. The summed E-state index contributed by atoms with van der Waals surface area (Å²) in [5.41, 5.74) is 2.95. The van der Waals surface area contributed by atoms with Gasteiger partial charge >= 0.3 is 0 Å². The van der Waals surface area contributed by atoms with Gasteiger partial charge in [-0.15, -0.1) is 0 Å². The van der Waals surface area contributed by atoms with Crippen LogP contribution in [0.5, 0.6) is 0 Å². The van der Waals surface area contributed by atoms with Crippen molar-refractivity contribution >= 4 is 5.91 Å². The molecule has 2 aromatic heterocycles. The third kappa shape index (κ3) is 4.36. The highest BCUT2D eigenvalue weighted by Gasteiger charge is 2.18. The average molecular weight is 348 g/mol. The highest BCUT2D eigenvalue weighted by Crippen LogP contribution is 2.23. The van der Waals surface area contributed by atoms with Crippen molar-refractivity contribution in [3.8, 4) is 16.9 Å². The Morgan fingerprint density at radius 2 is 1.96 bits per heavy atom. The average Bonchev–Trinajstić information content (AvgIpc) is 3.12. The number of aromatic nitrogens is 3.